The van der Waals surface area contributed by atoms with Crippen LogP contribution in [0.15, 0.2) is 18.2 Å². The smallest absolute Gasteiger partial charge is 0.321 e. The van der Waals surface area contributed by atoms with E-state index in [1.165, 1.54) is 23.1 Å². The minimum absolute atomic E-state index is 0. The van der Waals surface area contributed by atoms with Gasteiger partial charge in [-0.25, -0.2) is 9.18 Å². The number of nitrogens with one attached hydrogen (secondary N) is 2. The molecule has 0 bridgehead atoms. The average molecular weight is 371 g/mol. The van der Waals surface area contributed by atoms with Crippen molar-refractivity contribution in [2.75, 3.05) is 44.2 Å². The monoisotopic (exact) mass is 370 g/mol. The first kappa shape index (κ1) is 17.9. The molecule has 3 aliphatic rings. The molecule has 0 unspecified atom stereocenters. The molecule has 25 heavy (non-hydrogen) atoms. The summed E-state index contributed by atoms with van der Waals surface area (Å²) in [5, 5.41) is 5.90. The molecule has 7 nitrogen and oxygen atoms in total. The summed E-state index contributed by atoms with van der Waals surface area (Å²) in [6.07, 6.45) is -0.0432. The van der Waals surface area contributed by atoms with Crippen LogP contribution in [0.5, 0.6) is 0 Å². The van der Waals surface area contributed by atoms with E-state index in [2.05, 4.69) is 10.6 Å². The van der Waals surface area contributed by atoms with Crippen LogP contribution in [0, 0.1) is 5.82 Å². The van der Waals surface area contributed by atoms with Crippen LogP contribution in [0.2, 0.25) is 0 Å². The lowest BCUT2D eigenvalue weighted by atomic mass is 10.1. The van der Waals surface area contributed by atoms with Gasteiger partial charge in [-0.05, 0) is 18.2 Å². The zero-order valence-electron chi connectivity index (χ0n) is 13.5. The van der Waals surface area contributed by atoms with Crippen LogP contribution >= 0.6 is 12.4 Å². The minimum Gasteiger partial charge on any atom is -0.373 e. The van der Waals surface area contributed by atoms with Gasteiger partial charge in [-0.1, -0.05) is 0 Å². The van der Waals surface area contributed by atoms with Gasteiger partial charge in [-0.2, -0.15) is 0 Å². The second-order valence-electron chi connectivity index (χ2n) is 6.18. The Hall–Kier alpha value is -1.90. The molecule has 3 aliphatic heterocycles. The van der Waals surface area contributed by atoms with Crippen molar-refractivity contribution in [2.45, 2.75) is 12.1 Å². The predicted molar refractivity (Wildman–Crippen MR) is 91.8 cm³/mol. The van der Waals surface area contributed by atoms with Gasteiger partial charge in [0, 0.05) is 38.4 Å². The third kappa shape index (κ3) is 3.17. The van der Waals surface area contributed by atoms with Crippen molar-refractivity contribution in [3.8, 4) is 0 Å². The van der Waals surface area contributed by atoms with E-state index in [9.17, 15) is 14.0 Å². The number of morpholine rings is 1. The summed E-state index contributed by atoms with van der Waals surface area (Å²) in [6.45, 7) is 3.28. The fourth-order valence-electron chi connectivity index (χ4n) is 3.56. The summed E-state index contributed by atoms with van der Waals surface area (Å²) in [5.41, 5.74) is 0.531. The number of carbonyl (C=O) groups excluding carboxylic acids is 2. The second kappa shape index (κ2) is 7.15. The van der Waals surface area contributed by atoms with Crippen molar-refractivity contribution in [3.05, 3.63) is 29.6 Å². The molecule has 0 spiro atoms. The van der Waals surface area contributed by atoms with Crippen molar-refractivity contribution in [1.29, 1.82) is 0 Å². The number of hydrogen-bond acceptors (Lipinski definition) is 4. The van der Waals surface area contributed by atoms with Crippen LogP contribution in [0.25, 0.3) is 0 Å². The van der Waals surface area contributed by atoms with Crippen molar-refractivity contribution >= 4 is 30.0 Å². The first-order valence-electron chi connectivity index (χ1n) is 8.13. The molecule has 3 fully saturated rings. The van der Waals surface area contributed by atoms with E-state index in [1.54, 1.807) is 4.90 Å². The van der Waals surface area contributed by atoms with Crippen LogP contribution < -0.4 is 15.5 Å². The molecule has 3 amide bonds. The Labute approximate surface area is 150 Å². The average Bonchev–Trinajstić information content (AvgIpc) is 3.23. The van der Waals surface area contributed by atoms with Crippen molar-refractivity contribution < 1.29 is 18.7 Å². The summed E-state index contributed by atoms with van der Waals surface area (Å²) >= 11 is 0. The topological polar surface area (TPSA) is 73.9 Å². The second-order valence-corrected chi connectivity index (χ2v) is 6.18. The Morgan fingerprint density at radius 2 is 2.12 bits per heavy atom. The summed E-state index contributed by atoms with van der Waals surface area (Å²) in [5.74, 6) is -0.923. The molecule has 136 valence electrons. The maximum absolute atomic E-state index is 14.3. The Balaban J connectivity index is 0.00000182. The predicted octanol–water partition coefficient (Wildman–Crippen LogP) is 0.590. The number of hydrogen-bond donors (Lipinski definition) is 2. The largest absolute Gasteiger partial charge is 0.373 e. The molecule has 3 heterocycles. The Kier molecular flexibility index (Phi) is 5.12. The highest BCUT2D eigenvalue weighted by atomic mass is 35.5. The molecular formula is C16H20ClFN4O3. The summed E-state index contributed by atoms with van der Waals surface area (Å²) in [4.78, 5) is 27.9. The highest BCUT2D eigenvalue weighted by molar-refractivity contribution is 5.99. The van der Waals surface area contributed by atoms with E-state index in [-0.39, 0.29) is 42.1 Å². The third-order valence-electron chi connectivity index (χ3n) is 4.80. The maximum Gasteiger partial charge on any atom is 0.321 e. The van der Waals surface area contributed by atoms with Crippen molar-refractivity contribution in [3.63, 3.8) is 0 Å². The minimum atomic E-state index is -0.572. The molecule has 2 atom stereocenters. The maximum atomic E-state index is 14.3. The van der Waals surface area contributed by atoms with Gasteiger partial charge in [0.05, 0.1) is 24.3 Å². The molecule has 1 aromatic carbocycles. The van der Waals surface area contributed by atoms with Crippen molar-refractivity contribution in [2.24, 2.45) is 0 Å². The number of halogens is 2. The van der Waals surface area contributed by atoms with Gasteiger partial charge in [-0.3, -0.25) is 9.69 Å². The fourth-order valence-corrected chi connectivity index (χ4v) is 3.56. The molecule has 0 aliphatic carbocycles. The van der Waals surface area contributed by atoms with Crippen LogP contribution in [0.3, 0.4) is 0 Å². The molecule has 0 aromatic heterocycles. The zero-order chi connectivity index (χ0) is 16.7. The van der Waals surface area contributed by atoms with E-state index in [0.29, 0.717) is 45.0 Å². The molecule has 3 saturated heterocycles. The van der Waals surface area contributed by atoms with Gasteiger partial charge in [0.2, 0.25) is 0 Å². The Bertz CT molecular complexity index is 689. The number of rotatable bonds is 2. The summed E-state index contributed by atoms with van der Waals surface area (Å²) < 4.78 is 19.9. The van der Waals surface area contributed by atoms with Crippen LogP contribution in [-0.4, -0.2) is 68.3 Å². The van der Waals surface area contributed by atoms with Crippen LogP contribution in [0.1, 0.15) is 10.4 Å². The van der Waals surface area contributed by atoms with Gasteiger partial charge in [0.15, 0.2) is 0 Å². The molecular weight excluding hydrogens is 351 g/mol. The summed E-state index contributed by atoms with van der Waals surface area (Å²) in [6, 6.07) is 3.93. The number of fused-ring (bicyclic) bond motifs is 1. The first-order valence-corrected chi connectivity index (χ1v) is 8.13. The third-order valence-corrected chi connectivity index (χ3v) is 4.80. The summed E-state index contributed by atoms with van der Waals surface area (Å²) in [7, 11) is 0. The van der Waals surface area contributed by atoms with Gasteiger partial charge < -0.3 is 20.3 Å². The molecule has 2 N–H and O–H groups in total. The van der Waals surface area contributed by atoms with Crippen molar-refractivity contribution in [1.82, 2.24) is 15.5 Å². The van der Waals surface area contributed by atoms with Crippen LogP contribution in [-0.2, 0) is 4.74 Å². The van der Waals surface area contributed by atoms with E-state index < -0.39 is 5.82 Å². The molecule has 4 rings (SSSR count). The van der Waals surface area contributed by atoms with E-state index in [0.717, 1.165) is 0 Å². The molecule has 9 heteroatoms. The molecule has 0 saturated carbocycles. The zero-order valence-corrected chi connectivity index (χ0v) is 14.4. The molecule has 0 radical (unpaired) electrons. The first-order chi connectivity index (χ1) is 11.6. The van der Waals surface area contributed by atoms with Gasteiger partial charge in [0.25, 0.3) is 5.91 Å². The van der Waals surface area contributed by atoms with Crippen LogP contribution in [0.4, 0.5) is 14.9 Å². The lowest BCUT2D eigenvalue weighted by Gasteiger charge is -2.37. The van der Waals surface area contributed by atoms with E-state index >= 15 is 0 Å². The number of anilines is 1. The molecule has 1 aromatic rings. The number of ether oxygens (including phenoxy) is 1. The Morgan fingerprint density at radius 1 is 1.28 bits per heavy atom. The SMILES string of the molecule is Cl.O=C1NCCN1c1ccc(F)c(C(=O)N2CCO[C@H]3CNC[C@H]32)c1. The van der Waals surface area contributed by atoms with E-state index in [1.807, 2.05) is 0 Å². The quantitative estimate of drug-likeness (QED) is 0.799. The number of amides is 3. The fraction of sp³-hybridized carbons (Fsp3) is 0.500. The highest BCUT2D eigenvalue weighted by Crippen LogP contribution is 2.25. The van der Waals surface area contributed by atoms with Gasteiger partial charge in [-0.15, -0.1) is 12.4 Å². The normalized spacial score (nSPS) is 25.4. The number of benzene rings is 1. The standard InChI is InChI=1S/C16H19FN4O3.ClH/c17-12-2-1-10(20-4-3-19-16(20)23)7-11(12)15(22)21-5-6-24-14-9-18-8-13(14)21;/h1-2,7,13-14,18H,3-6,8-9H2,(H,19,23);1H/t13-,14+;/m1./s1. The lowest BCUT2D eigenvalue weighted by molar-refractivity contribution is -0.0366. The van der Waals surface area contributed by atoms with Gasteiger partial charge >= 0.3 is 6.03 Å². The number of carbonyl (C=O) groups is 2. The number of urea groups is 1. The number of nitrogens with zero attached hydrogens (tertiary/aromatic N) is 2. The highest BCUT2D eigenvalue weighted by Gasteiger charge is 2.39. The Morgan fingerprint density at radius 3 is 2.88 bits per heavy atom. The van der Waals surface area contributed by atoms with Gasteiger partial charge in [0.1, 0.15) is 5.82 Å². The lowest BCUT2D eigenvalue weighted by Crippen LogP contribution is -2.53. The van der Waals surface area contributed by atoms with E-state index in [4.69, 9.17) is 4.74 Å².